The maximum absolute atomic E-state index is 12.6. The first-order chi connectivity index (χ1) is 11.6. The Morgan fingerprint density at radius 3 is 2.71 bits per heavy atom. The van der Waals surface area contributed by atoms with E-state index in [0.29, 0.717) is 5.69 Å². The highest BCUT2D eigenvalue weighted by molar-refractivity contribution is 7.09. The third-order valence-corrected chi connectivity index (χ3v) is 4.90. The second kappa shape index (κ2) is 6.84. The Kier molecular flexibility index (Phi) is 4.61. The lowest BCUT2D eigenvalue weighted by molar-refractivity contribution is 0.0739. The molecule has 3 aromatic rings. The number of thiazole rings is 1. The molecule has 0 aliphatic carbocycles. The summed E-state index contributed by atoms with van der Waals surface area (Å²) in [4.78, 5) is 19.4. The first-order valence-corrected chi connectivity index (χ1v) is 8.33. The Labute approximate surface area is 144 Å². The Morgan fingerprint density at radius 2 is 2.08 bits per heavy atom. The fourth-order valence-electron chi connectivity index (χ4n) is 2.33. The van der Waals surface area contributed by atoms with Gasteiger partial charge in [-0.1, -0.05) is 0 Å². The summed E-state index contributed by atoms with van der Waals surface area (Å²) in [6, 6.07) is 9.27. The summed E-state index contributed by atoms with van der Waals surface area (Å²) in [5.74, 6) is 0.673. The van der Waals surface area contributed by atoms with Crippen molar-refractivity contribution in [1.29, 1.82) is 0 Å². The van der Waals surface area contributed by atoms with Crippen LogP contribution < -0.4 is 4.74 Å². The van der Waals surface area contributed by atoms with Crippen LogP contribution in [0.2, 0.25) is 0 Å². The van der Waals surface area contributed by atoms with E-state index in [1.54, 1.807) is 36.8 Å². The molecule has 6 nitrogen and oxygen atoms in total. The molecule has 0 bridgehead atoms. The molecule has 3 rings (SSSR count). The number of nitrogens with one attached hydrogen (secondary N) is 1. The maximum atomic E-state index is 12.6. The fraction of sp³-hybridized carbons (Fsp3) is 0.235. The van der Waals surface area contributed by atoms with Crippen LogP contribution in [0.1, 0.15) is 28.3 Å². The molecule has 7 heteroatoms. The van der Waals surface area contributed by atoms with Crippen molar-refractivity contribution in [2.45, 2.75) is 13.0 Å². The number of hydrogen-bond donors (Lipinski definition) is 1. The van der Waals surface area contributed by atoms with Crippen LogP contribution in [0, 0.1) is 0 Å². The first-order valence-electron chi connectivity index (χ1n) is 7.45. The van der Waals surface area contributed by atoms with Gasteiger partial charge in [-0.25, -0.2) is 0 Å². The van der Waals surface area contributed by atoms with E-state index in [4.69, 9.17) is 4.74 Å². The van der Waals surface area contributed by atoms with Gasteiger partial charge < -0.3 is 9.64 Å². The molecule has 24 heavy (non-hydrogen) atoms. The van der Waals surface area contributed by atoms with E-state index in [-0.39, 0.29) is 11.9 Å². The molecule has 0 unspecified atom stereocenters. The minimum atomic E-state index is -0.108. The molecule has 0 spiro atoms. The van der Waals surface area contributed by atoms with E-state index < -0.39 is 0 Å². The van der Waals surface area contributed by atoms with Gasteiger partial charge in [0.25, 0.3) is 5.91 Å². The number of aromatic amines is 1. The van der Waals surface area contributed by atoms with Crippen molar-refractivity contribution < 1.29 is 9.53 Å². The van der Waals surface area contributed by atoms with Crippen molar-refractivity contribution in [3.05, 3.63) is 52.6 Å². The van der Waals surface area contributed by atoms with E-state index in [1.165, 1.54) is 11.3 Å². The summed E-state index contributed by atoms with van der Waals surface area (Å²) in [6.07, 6.45) is 1.79. The molecule has 0 fully saturated rings. The summed E-state index contributed by atoms with van der Waals surface area (Å²) < 4.78 is 5.15. The van der Waals surface area contributed by atoms with E-state index in [0.717, 1.165) is 21.9 Å². The molecular formula is C17H18N4O2S. The topological polar surface area (TPSA) is 71.1 Å². The highest BCUT2D eigenvalue weighted by atomic mass is 32.1. The number of H-pyrrole nitrogens is 1. The van der Waals surface area contributed by atoms with Crippen LogP contribution in [0.3, 0.4) is 0 Å². The minimum Gasteiger partial charge on any atom is -0.497 e. The molecular weight excluding hydrogens is 324 g/mol. The number of rotatable bonds is 5. The van der Waals surface area contributed by atoms with Crippen molar-refractivity contribution in [3.63, 3.8) is 0 Å². The lowest BCUT2D eigenvalue weighted by Gasteiger charge is -2.22. The molecule has 1 amide bonds. The standard InChI is InChI=1S/C17H18N4O2S/c1-11(16-9-18-10-24-16)21(2)17(22)15-8-14(19-20-15)12-4-6-13(23-3)7-5-12/h4-11H,1-3H3,(H,19,20)/t11-/m1/s1. The number of nitrogens with zero attached hydrogens (tertiary/aromatic N) is 3. The average molecular weight is 342 g/mol. The number of ether oxygens (including phenoxy) is 1. The minimum absolute atomic E-state index is 0.0438. The van der Waals surface area contributed by atoms with Gasteiger partial charge in [-0.3, -0.25) is 14.9 Å². The molecule has 0 saturated carbocycles. The number of benzene rings is 1. The highest BCUT2D eigenvalue weighted by Gasteiger charge is 2.21. The molecule has 2 heterocycles. The molecule has 0 aliphatic rings. The largest absolute Gasteiger partial charge is 0.497 e. The zero-order valence-electron chi connectivity index (χ0n) is 13.7. The number of methoxy groups -OCH3 is 1. The van der Waals surface area contributed by atoms with Gasteiger partial charge >= 0.3 is 0 Å². The van der Waals surface area contributed by atoms with Gasteiger partial charge in [-0.05, 0) is 37.3 Å². The van der Waals surface area contributed by atoms with Gasteiger partial charge in [0.15, 0.2) is 0 Å². The monoisotopic (exact) mass is 342 g/mol. The lowest BCUT2D eigenvalue weighted by Crippen LogP contribution is -2.29. The summed E-state index contributed by atoms with van der Waals surface area (Å²) >= 11 is 1.53. The van der Waals surface area contributed by atoms with E-state index in [2.05, 4.69) is 15.2 Å². The van der Waals surface area contributed by atoms with Crippen LogP contribution >= 0.6 is 11.3 Å². The van der Waals surface area contributed by atoms with Gasteiger partial charge in [-0.15, -0.1) is 11.3 Å². The average Bonchev–Trinajstić information content (AvgIpc) is 3.31. The van der Waals surface area contributed by atoms with Gasteiger partial charge in [0, 0.05) is 23.7 Å². The van der Waals surface area contributed by atoms with Crippen LogP contribution in [-0.2, 0) is 0 Å². The smallest absolute Gasteiger partial charge is 0.272 e. The van der Waals surface area contributed by atoms with E-state index in [9.17, 15) is 4.79 Å². The second-order valence-electron chi connectivity index (χ2n) is 5.39. The predicted octanol–water partition coefficient (Wildman–Crippen LogP) is 3.38. The molecule has 1 atom stereocenters. The molecule has 2 aromatic heterocycles. The predicted molar refractivity (Wildman–Crippen MR) is 93.2 cm³/mol. The molecule has 1 N–H and O–H groups in total. The number of carbonyl (C=O) groups is 1. The molecule has 0 aliphatic heterocycles. The van der Waals surface area contributed by atoms with Crippen molar-refractivity contribution >= 4 is 17.2 Å². The number of hydrogen-bond acceptors (Lipinski definition) is 5. The van der Waals surface area contributed by atoms with Crippen molar-refractivity contribution in [2.75, 3.05) is 14.2 Å². The SMILES string of the molecule is COc1ccc(-c2cc(C(=O)N(C)[C@H](C)c3cncs3)[nH]n2)cc1. The van der Waals surface area contributed by atoms with Crippen LogP contribution in [0.25, 0.3) is 11.3 Å². The Balaban J connectivity index is 1.77. The summed E-state index contributed by atoms with van der Waals surface area (Å²) in [5, 5.41) is 7.07. The highest BCUT2D eigenvalue weighted by Crippen LogP contribution is 2.25. The van der Waals surface area contributed by atoms with Gasteiger partial charge in [0.1, 0.15) is 11.4 Å². The zero-order valence-corrected chi connectivity index (χ0v) is 14.5. The van der Waals surface area contributed by atoms with Crippen LogP contribution in [0.5, 0.6) is 5.75 Å². The number of aromatic nitrogens is 3. The van der Waals surface area contributed by atoms with Gasteiger partial charge in [0.05, 0.1) is 24.4 Å². The molecule has 0 radical (unpaired) electrons. The van der Waals surface area contributed by atoms with Crippen LogP contribution in [0.4, 0.5) is 0 Å². The zero-order chi connectivity index (χ0) is 17.1. The Morgan fingerprint density at radius 1 is 1.33 bits per heavy atom. The normalized spacial score (nSPS) is 12.0. The summed E-state index contributed by atoms with van der Waals surface area (Å²) in [6.45, 7) is 1.98. The van der Waals surface area contributed by atoms with Crippen LogP contribution in [0.15, 0.2) is 42.0 Å². The molecule has 124 valence electrons. The summed E-state index contributed by atoms with van der Waals surface area (Å²) in [7, 11) is 3.40. The third kappa shape index (κ3) is 3.16. The number of amides is 1. The molecule has 0 saturated heterocycles. The van der Waals surface area contributed by atoms with E-state index >= 15 is 0 Å². The quantitative estimate of drug-likeness (QED) is 0.772. The third-order valence-electron chi connectivity index (χ3n) is 3.96. The van der Waals surface area contributed by atoms with Crippen molar-refractivity contribution in [2.24, 2.45) is 0 Å². The van der Waals surface area contributed by atoms with Gasteiger partial charge in [-0.2, -0.15) is 5.10 Å². The van der Waals surface area contributed by atoms with E-state index in [1.807, 2.05) is 31.2 Å². The second-order valence-corrected chi connectivity index (χ2v) is 6.31. The van der Waals surface area contributed by atoms with Gasteiger partial charge in [0.2, 0.25) is 0 Å². The Hall–Kier alpha value is -2.67. The molecule has 1 aromatic carbocycles. The lowest BCUT2D eigenvalue weighted by atomic mass is 10.1. The fourth-order valence-corrected chi connectivity index (χ4v) is 3.05. The number of carbonyl (C=O) groups excluding carboxylic acids is 1. The Bertz CT molecular complexity index is 812. The summed E-state index contributed by atoms with van der Waals surface area (Å²) in [5.41, 5.74) is 3.87. The van der Waals surface area contributed by atoms with Crippen molar-refractivity contribution in [3.8, 4) is 17.0 Å². The maximum Gasteiger partial charge on any atom is 0.272 e. The van der Waals surface area contributed by atoms with Crippen molar-refractivity contribution in [1.82, 2.24) is 20.1 Å². The first kappa shape index (κ1) is 16.2. The van der Waals surface area contributed by atoms with Crippen LogP contribution in [-0.4, -0.2) is 40.1 Å².